The van der Waals surface area contributed by atoms with Crippen molar-refractivity contribution in [3.05, 3.63) is 80.9 Å². The normalized spacial score (nSPS) is 14.4. The average Bonchev–Trinajstić information content (AvgIpc) is 3.22. The molecule has 0 spiro atoms. The monoisotopic (exact) mass is 443 g/mol. The molecule has 160 valence electrons. The van der Waals surface area contributed by atoms with E-state index in [4.69, 9.17) is 11.6 Å². The summed E-state index contributed by atoms with van der Waals surface area (Å²) in [5, 5.41) is 21.3. The van der Waals surface area contributed by atoms with E-state index in [1.165, 1.54) is 36.5 Å². The molecule has 0 bridgehead atoms. The first-order chi connectivity index (χ1) is 14.9. The zero-order valence-corrected chi connectivity index (χ0v) is 17.1. The lowest BCUT2D eigenvalue weighted by Gasteiger charge is -2.24. The molecule has 0 aliphatic carbocycles. The molecule has 0 unspecified atom stereocenters. The molecule has 1 saturated heterocycles. The number of nitrogens with zero attached hydrogens (tertiary/aromatic N) is 3. The van der Waals surface area contributed by atoms with Gasteiger partial charge in [0.05, 0.1) is 33.1 Å². The van der Waals surface area contributed by atoms with Gasteiger partial charge in [-0.15, -0.1) is 0 Å². The van der Waals surface area contributed by atoms with Crippen molar-refractivity contribution in [3.63, 3.8) is 0 Å². The Kier molecular flexibility index (Phi) is 5.97. The van der Waals surface area contributed by atoms with E-state index < -0.39 is 10.7 Å². The van der Waals surface area contributed by atoms with Crippen LogP contribution in [-0.4, -0.2) is 33.7 Å². The van der Waals surface area contributed by atoms with Gasteiger partial charge in [-0.25, -0.2) is 9.07 Å². The number of halogens is 2. The summed E-state index contributed by atoms with van der Waals surface area (Å²) in [4.78, 5) is 23.6. The van der Waals surface area contributed by atoms with E-state index in [9.17, 15) is 19.3 Å². The Bertz CT molecular complexity index is 1130. The Balaban J connectivity index is 1.70. The first kappa shape index (κ1) is 21.0. The predicted molar refractivity (Wildman–Crippen MR) is 114 cm³/mol. The summed E-state index contributed by atoms with van der Waals surface area (Å²) in [5.74, 6) is -0.873. The maximum Gasteiger partial charge on any atom is 0.269 e. The maximum atomic E-state index is 13.4. The Morgan fingerprint density at radius 1 is 1.23 bits per heavy atom. The van der Waals surface area contributed by atoms with Crippen LogP contribution in [0, 0.1) is 15.9 Å². The molecule has 31 heavy (non-hydrogen) atoms. The van der Waals surface area contributed by atoms with Gasteiger partial charge in [-0.2, -0.15) is 5.10 Å². The summed E-state index contributed by atoms with van der Waals surface area (Å²) >= 11 is 5.82. The smallest absolute Gasteiger partial charge is 0.269 e. The summed E-state index contributed by atoms with van der Waals surface area (Å²) in [6.07, 6.45) is 3.13. The fraction of sp³-hybridized carbons (Fsp3) is 0.238. The lowest BCUT2D eigenvalue weighted by atomic mass is 9.91. The molecule has 0 atom stereocenters. The van der Waals surface area contributed by atoms with Crippen LogP contribution in [0.25, 0.3) is 5.69 Å². The van der Waals surface area contributed by atoms with Crippen LogP contribution in [0.4, 0.5) is 15.8 Å². The summed E-state index contributed by atoms with van der Waals surface area (Å²) in [6, 6.07) is 10.00. The first-order valence-electron chi connectivity index (χ1n) is 9.74. The van der Waals surface area contributed by atoms with Gasteiger partial charge in [0.15, 0.2) is 0 Å². The molecule has 1 aliphatic heterocycles. The number of hydrogen-bond donors (Lipinski definition) is 2. The highest BCUT2D eigenvalue weighted by atomic mass is 35.5. The van der Waals surface area contributed by atoms with Gasteiger partial charge in [-0.05, 0) is 56.3 Å². The number of carbonyl (C=O) groups is 1. The number of benzene rings is 2. The molecule has 2 aromatic carbocycles. The van der Waals surface area contributed by atoms with Gasteiger partial charge < -0.3 is 10.6 Å². The molecule has 2 heterocycles. The summed E-state index contributed by atoms with van der Waals surface area (Å²) < 4.78 is 15.1. The van der Waals surface area contributed by atoms with Gasteiger partial charge >= 0.3 is 0 Å². The number of amides is 1. The lowest BCUT2D eigenvalue weighted by Crippen LogP contribution is -2.29. The third kappa shape index (κ3) is 4.42. The zero-order valence-electron chi connectivity index (χ0n) is 16.3. The van der Waals surface area contributed by atoms with Crippen LogP contribution < -0.4 is 10.6 Å². The highest BCUT2D eigenvalue weighted by Gasteiger charge is 2.27. The van der Waals surface area contributed by atoms with Crippen molar-refractivity contribution in [1.82, 2.24) is 15.1 Å². The van der Waals surface area contributed by atoms with E-state index in [1.807, 2.05) is 0 Å². The minimum Gasteiger partial charge on any atom is -0.322 e. The van der Waals surface area contributed by atoms with Gasteiger partial charge in [-0.1, -0.05) is 11.6 Å². The number of rotatable bonds is 5. The molecule has 2 N–H and O–H groups in total. The van der Waals surface area contributed by atoms with Crippen LogP contribution in [0.2, 0.25) is 5.02 Å². The quantitative estimate of drug-likeness (QED) is 0.452. The molecule has 4 rings (SSSR count). The van der Waals surface area contributed by atoms with E-state index in [2.05, 4.69) is 15.7 Å². The van der Waals surface area contributed by atoms with E-state index in [0.29, 0.717) is 16.9 Å². The molecule has 1 amide bonds. The second-order valence-corrected chi connectivity index (χ2v) is 7.64. The maximum absolute atomic E-state index is 13.4. The highest BCUT2D eigenvalue weighted by molar-refractivity contribution is 6.31. The lowest BCUT2D eigenvalue weighted by molar-refractivity contribution is -0.384. The standard InChI is InChI=1S/C21H19ClFN5O3/c22-18-11-14(1-6-19(18)23)26-21(29)17-12-25-27(20(17)13-7-9-24-10-8-13)15-2-4-16(5-3-15)28(30)31/h1-6,11-13,24H,7-10H2,(H,26,29). The van der Waals surface area contributed by atoms with Gasteiger partial charge in [-0.3, -0.25) is 14.9 Å². The fourth-order valence-electron chi connectivity index (χ4n) is 3.71. The van der Waals surface area contributed by atoms with E-state index in [0.717, 1.165) is 31.6 Å². The SMILES string of the molecule is O=C(Nc1ccc(F)c(Cl)c1)c1cnn(-c2ccc([N+](=O)[O-])cc2)c1C1CCNCC1. The molecular formula is C21H19ClFN5O3. The number of nitro groups is 1. The number of nitrogens with one attached hydrogen (secondary N) is 2. The van der Waals surface area contributed by atoms with Crippen molar-refractivity contribution in [2.45, 2.75) is 18.8 Å². The van der Waals surface area contributed by atoms with E-state index in [-0.39, 0.29) is 22.5 Å². The number of non-ortho nitro benzene ring substituents is 1. The van der Waals surface area contributed by atoms with Crippen molar-refractivity contribution in [2.24, 2.45) is 0 Å². The van der Waals surface area contributed by atoms with Crippen LogP contribution in [0.15, 0.2) is 48.7 Å². The fourth-order valence-corrected chi connectivity index (χ4v) is 3.90. The Morgan fingerprint density at radius 2 is 1.94 bits per heavy atom. The van der Waals surface area contributed by atoms with Crippen molar-refractivity contribution in [1.29, 1.82) is 0 Å². The van der Waals surface area contributed by atoms with Crippen LogP contribution >= 0.6 is 11.6 Å². The Labute approximate surface area is 182 Å². The highest BCUT2D eigenvalue weighted by Crippen LogP contribution is 2.31. The summed E-state index contributed by atoms with van der Waals surface area (Å²) in [6.45, 7) is 1.62. The number of anilines is 1. The van der Waals surface area contributed by atoms with Gasteiger partial charge in [0, 0.05) is 23.7 Å². The Morgan fingerprint density at radius 3 is 2.58 bits per heavy atom. The number of nitro benzene ring substituents is 1. The topological polar surface area (TPSA) is 102 Å². The van der Waals surface area contributed by atoms with Gasteiger partial charge in [0.2, 0.25) is 0 Å². The molecule has 0 saturated carbocycles. The Hall–Kier alpha value is -3.30. The molecule has 1 aliphatic rings. The molecule has 10 heteroatoms. The van der Waals surface area contributed by atoms with E-state index >= 15 is 0 Å². The second-order valence-electron chi connectivity index (χ2n) is 7.24. The van der Waals surface area contributed by atoms with Crippen LogP contribution in [0.1, 0.15) is 34.8 Å². The third-order valence-corrected chi connectivity index (χ3v) is 5.55. The average molecular weight is 444 g/mol. The minimum atomic E-state index is -0.568. The molecule has 8 nitrogen and oxygen atoms in total. The molecular weight excluding hydrogens is 425 g/mol. The molecule has 1 aromatic heterocycles. The first-order valence-corrected chi connectivity index (χ1v) is 10.1. The van der Waals surface area contributed by atoms with Crippen LogP contribution in [0.3, 0.4) is 0 Å². The third-order valence-electron chi connectivity index (χ3n) is 5.26. The molecule has 3 aromatic rings. The number of hydrogen-bond acceptors (Lipinski definition) is 5. The predicted octanol–water partition coefficient (Wildman–Crippen LogP) is 4.29. The van der Waals surface area contributed by atoms with Crippen LogP contribution in [-0.2, 0) is 0 Å². The van der Waals surface area contributed by atoms with E-state index in [1.54, 1.807) is 16.8 Å². The van der Waals surface area contributed by atoms with Gasteiger partial charge in [0.1, 0.15) is 5.82 Å². The largest absolute Gasteiger partial charge is 0.322 e. The van der Waals surface area contributed by atoms with Crippen molar-refractivity contribution in [3.8, 4) is 5.69 Å². The van der Waals surface area contributed by atoms with Crippen molar-refractivity contribution in [2.75, 3.05) is 18.4 Å². The van der Waals surface area contributed by atoms with Gasteiger partial charge in [0.25, 0.3) is 11.6 Å². The second kappa shape index (κ2) is 8.83. The number of piperidine rings is 1. The number of carbonyl (C=O) groups excluding carboxylic acids is 1. The van der Waals surface area contributed by atoms with Crippen molar-refractivity contribution >= 4 is 28.9 Å². The zero-order chi connectivity index (χ0) is 22.0. The molecule has 0 radical (unpaired) electrons. The minimum absolute atomic E-state index is 0.0227. The number of aromatic nitrogens is 2. The molecule has 1 fully saturated rings. The van der Waals surface area contributed by atoms with Crippen molar-refractivity contribution < 1.29 is 14.1 Å². The van der Waals surface area contributed by atoms with Crippen LogP contribution in [0.5, 0.6) is 0 Å². The summed E-state index contributed by atoms with van der Waals surface area (Å²) in [7, 11) is 0. The summed E-state index contributed by atoms with van der Waals surface area (Å²) in [5.41, 5.74) is 2.11.